The molecule has 0 saturated heterocycles. The van der Waals surface area contributed by atoms with E-state index < -0.39 is 11.9 Å². The van der Waals surface area contributed by atoms with E-state index in [9.17, 15) is 9.59 Å². The molecule has 1 aromatic carbocycles. The highest BCUT2D eigenvalue weighted by Gasteiger charge is 2.26. The lowest BCUT2D eigenvalue weighted by atomic mass is 10.1. The lowest BCUT2D eigenvalue weighted by Gasteiger charge is -2.04. The quantitative estimate of drug-likeness (QED) is 0.880. The largest absolute Gasteiger partial charge is 0.462 e. The van der Waals surface area contributed by atoms with Gasteiger partial charge in [0.15, 0.2) is 0 Å². The van der Waals surface area contributed by atoms with Gasteiger partial charge in [-0.3, -0.25) is 0 Å². The average Bonchev–Trinajstić information content (AvgIpc) is 2.80. The Balaban J connectivity index is 2.67. The van der Waals surface area contributed by atoms with Crippen LogP contribution in [0.25, 0.3) is 10.9 Å². The van der Waals surface area contributed by atoms with Crippen LogP contribution in [0.4, 0.5) is 0 Å². The van der Waals surface area contributed by atoms with Crippen LogP contribution in [-0.2, 0) is 9.47 Å². The Labute approximate surface area is 120 Å². The van der Waals surface area contributed by atoms with Crippen LogP contribution in [0.2, 0.25) is 5.02 Å². The zero-order valence-corrected chi connectivity index (χ0v) is 11.9. The first-order valence-electron chi connectivity index (χ1n) is 6.24. The molecule has 0 amide bonds. The first-order chi connectivity index (χ1) is 9.60. The number of fused-ring (bicyclic) bond motifs is 1. The number of H-pyrrole nitrogens is 1. The highest BCUT2D eigenvalue weighted by molar-refractivity contribution is 6.37. The normalized spacial score (nSPS) is 10.6. The number of ether oxygens (including phenoxy) is 2. The van der Waals surface area contributed by atoms with Gasteiger partial charge in [0.25, 0.3) is 0 Å². The van der Waals surface area contributed by atoms with Gasteiger partial charge in [0.1, 0.15) is 11.3 Å². The predicted molar refractivity (Wildman–Crippen MR) is 75.2 cm³/mol. The van der Waals surface area contributed by atoms with Gasteiger partial charge in [-0.05, 0) is 26.0 Å². The molecule has 6 heteroatoms. The van der Waals surface area contributed by atoms with Gasteiger partial charge in [-0.1, -0.05) is 17.7 Å². The van der Waals surface area contributed by atoms with Crippen LogP contribution in [0, 0.1) is 0 Å². The summed E-state index contributed by atoms with van der Waals surface area (Å²) in [5.41, 5.74) is 0.767. The fourth-order valence-corrected chi connectivity index (χ4v) is 2.24. The van der Waals surface area contributed by atoms with Crippen LogP contribution >= 0.6 is 11.6 Å². The first-order valence-corrected chi connectivity index (χ1v) is 6.62. The summed E-state index contributed by atoms with van der Waals surface area (Å²) in [7, 11) is 0. The lowest BCUT2D eigenvalue weighted by Crippen LogP contribution is -2.13. The molecular weight excluding hydrogens is 282 g/mol. The van der Waals surface area contributed by atoms with Crippen LogP contribution in [-0.4, -0.2) is 30.1 Å². The highest BCUT2D eigenvalue weighted by Crippen LogP contribution is 2.30. The Morgan fingerprint density at radius 2 is 1.80 bits per heavy atom. The smallest absolute Gasteiger partial charge is 0.355 e. The van der Waals surface area contributed by atoms with Gasteiger partial charge in [0.2, 0.25) is 0 Å². The summed E-state index contributed by atoms with van der Waals surface area (Å²) >= 11 is 6.12. The van der Waals surface area contributed by atoms with Crippen molar-refractivity contribution in [2.75, 3.05) is 13.2 Å². The van der Waals surface area contributed by atoms with Crippen LogP contribution in [0.1, 0.15) is 34.7 Å². The molecule has 0 unspecified atom stereocenters. The van der Waals surface area contributed by atoms with Crippen molar-refractivity contribution in [3.05, 3.63) is 34.5 Å². The number of esters is 2. The minimum Gasteiger partial charge on any atom is -0.462 e. The third-order valence-electron chi connectivity index (χ3n) is 2.73. The summed E-state index contributed by atoms with van der Waals surface area (Å²) in [6.45, 7) is 3.80. The van der Waals surface area contributed by atoms with E-state index in [1.54, 1.807) is 32.0 Å². The maximum atomic E-state index is 12.1. The number of rotatable bonds is 4. The van der Waals surface area contributed by atoms with Gasteiger partial charge in [0, 0.05) is 10.9 Å². The minimum absolute atomic E-state index is 0.0633. The summed E-state index contributed by atoms with van der Waals surface area (Å²) in [5, 5.41) is 0.841. The van der Waals surface area contributed by atoms with Crippen molar-refractivity contribution in [3.63, 3.8) is 0 Å². The molecule has 0 atom stereocenters. The number of hydrogen-bond donors (Lipinski definition) is 1. The van der Waals surface area contributed by atoms with E-state index in [4.69, 9.17) is 21.1 Å². The second-order valence-corrected chi connectivity index (χ2v) is 4.39. The van der Waals surface area contributed by atoms with Gasteiger partial charge in [0.05, 0.1) is 18.2 Å². The number of aromatic amines is 1. The third-order valence-corrected chi connectivity index (χ3v) is 3.05. The van der Waals surface area contributed by atoms with Crippen molar-refractivity contribution in [2.24, 2.45) is 0 Å². The second-order valence-electron chi connectivity index (χ2n) is 3.98. The fraction of sp³-hybridized carbons (Fsp3) is 0.286. The third kappa shape index (κ3) is 2.49. The maximum absolute atomic E-state index is 12.1. The zero-order valence-electron chi connectivity index (χ0n) is 11.2. The molecule has 5 nitrogen and oxygen atoms in total. The van der Waals surface area contributed by atoms with Crippen molar-refractivity contribution < 1.29 is 19.1 Å². The predicted octanol–water partition coefficient (Wildman–Crippen LogP) is 3.17. The molecule has 1 heterocycles. The van der Waals surface area contributed by atoms with E-state index in [0.29, 0.717) is 15.9 Å². The Hall–Kier alpha value is -2.01. The Bertz CT molecular complexity index is 662. The van der Waals surface area contributed by atoms with E-state index in [2.05, 4.69) is 4.98 Å². The van der Waals surface area contributed by atoms with Crippen LogP contribution in [0.5, 0.6) is 0 Å². The highest BCUT2D eigenvalue weighted by atomic mass is 35.5. The van der Waals surface area contributed by atoms with E-state index in [-0.39, 0.29) is 24.5 Å². The SMILES string of the molecule is CCOC(=O)c1[nH]c2cccc(Cl)c2c1C(=O)OCC. The Kier molecular flexibility index (Phi) is 4.29. The number of benzene rings is 1. The van der Waals surface area contributed by atoms with Crippen molar-refractivity contribution in [1.29, 1.82) is 0 Å². The Morgan fingerprint density at radius 1 is 1.15 bits per heavy atom. The van der Waals surface area contributed by atoms with Gasteiger partial charge >= 0.3 is 11.9 Å². The van der Waals surface area contributed by atoms with E-state index >= 15 is 0 Å². The second kappa shape index (κ2) is 5.96. The molecule has 1 aromatic heterocycles. The number of nitrogens with one attached hydrogen (secondary N) is 1. The summed E-state index contributed by atoms with van der Waals surface area (Å²) in [6.07, 6.45) is 0. The number of halogens is 1. The van der Waals surface area contributed by atoms with Crippen LogP contribution < -0.4 is 0 Å². The monoisotopic (exact) mass is 295 g/mol. The molecule has 106 valence electrons. The summed E-state index contributed by atoms with van der Waals surface area (Å²) in [6, 6.07) is 5.10. The molecule has 0 aliphatic heterocycles. The van der Waals surface area contributed by atoms with Crippen LogP contribution in [0.3, 0.4) is 0 Å². The van der Waals surface area contributed by atoms with Gasteiger partial charge < -0.3 is 14.5 Å². The molecule has 20 heavy (non-hydrogen) atoms. The summed E-state index contributed by atoms with van der Waals surface area (Å²) < 4.78 is 9.94. The minimum atomic E-state index is -0.609. The first kappa shape index (κ1) is 14.4. The van der Waals surface area contributed by atoms with Crippen molar-refractivity contribution >= 4 is 34.4 Å². The van der Waals surface area contributed by atoms with Gasteiger partial charge in [-0.15, -0.1) is 0 Å². The lowest BCUT2D eigenvalue weighted by molar-refractivity contribution is 0.0477. The molecule has 0 fully saturated rings. The molecular formula is C14H14ClNO4. The topological polar surface area (TPSA) is 68.4 Å². The molecule has 2 aromatic rings. The molecule has 0 bridgehead atoms. The number of hydrogen-bond acceptors (Lipinski definition) is 4. The molecule has 0 aliphatic carbocycles. The fourth-order valence-electron chi connectivity index (χ4n) is 1.97. The number of aromatic nitrogens is 1. The van der Waals surface area contributed by atoms with Gasteiger partial charge in [-0.25, -0.2) is 9.59 Å². The van der Waals surface area contributed by atoms with Crippen molar-refractivity contribution in [2.45, 2.75) is 13.8 Å². The zero-order chi connectivity index (χ0) is 14.7. The van der Waals surface area contributed by atoms with Crippen LogP contribution in [0.15, 0.2) is 18.2 Å². The maximum Gasteiger partial charge on any atom is 0.355 e. The van der Waals surface area contributed by atoms with Crippen molar-refractivity contribution in [3.8, 4) is 0 Å². The van der Waals surface area contributed by atoms with E-state index in [1.165, 1.54) is 0 Å². The molecule has 0 radical (unpaired) electrons. The molecule has 0 saturated carbocycles. The molecule has 2 rings (SSSR count). The number of carbonyl (C=O) groups is 2. The standard InChI is InChI=1S/C14H14ClNO4/c1-3-19-13(17)11-10-8(15)6-5-7-9(10)16-12(11)14(18)20-4-2/h5-7,16H,3-4H2,1-2H3. The van der Waals surface area contributed by atoms with Gasteiger partial charge in [-0.2, -0.15) is 0 Å². The molecule has 0 spiro atoms. The van der Waals surface area contributed by atoms with E-state index in [1.807, 2.05) is 0 Å². The number of carbonyl (C=O) groups excluding carboxylic acids is 2. The molecule has 0 aliphatic rings. The summed E-state index contributed by atoms with van der Waals surface area (Å²) in [5.74, 6) is -1.21. The van der Waals surface area contributed by atoms with Crippen molar-refractivity contribution in [1.82, 2.24) is 4.98 Å². The van der Waals surface area contributed by atoms with E-state index in [0.717, 1.165) is 0 Å². The molecule has 1 N–H and O–H groups in total. The average molecular weight is 296 g/mol. The summed E-state index contributed by atoms with van der Waals surface area (Å²) in [4.78, 5) is 26.9. The Morgan fingerprint density at radius 3 is 2.45 bits per heavy atom.